The van der Waals surface area contributed by atoms with E-state index in [1.807, 2.05) is 25.2 Å². The van der Waals surface area contributed by atoms with Crippen molar-refractivity contribution in [1.29, 1.82) is 0 Å². The largest absolute Gasteiger partial charge is 0.466 e. The highest BCUT2D eigenvalue weighted by Crippen LogP contribution is 2.02. The van der Waals surface area contributed by atoms with Crippen LogP contribution in [0.3, 0.4) is 0 Å². The van der Waals surface area contributed by atoms with Crippen molar-refractivity contribution in [3.8, 4) is 0 Å². The fourth-order valence-corrected chi connectivity index (χ4v) is 2.12. The van der Waals surface area contributed by atoms with Gasteiger partial charge >= 0.3 is 5.97 Å². The first kappa shape index (κ1) is 23.9. The Morgan fingerprint density at radius 2 is 1.31 bits per heavy atom. The Balaban J connectivity index is 3.57. The number of esters is 1. The molecular formula is C24H36O2. The number of rotatable bonds is 15. The molecule has 0 aliphatic heterocycles. The van der Waals surface area contributed by atoms with Crippen molar-refractivity contribution >= 4 is 5.97 Å². The Bertz CT molecular complexity index is 490. The SMILES string of the molecule is CC/C=C/C/C=C/CC/C=C/C=C/C=C/C=C/CCCCC(=O)OCC. The zero-order valence-electron chi connectivity index (χ0n) is 16.6. The normalized spacial score (nSPS) is 12.8. The van der Waals surface area contributed by atoms with Crippen molar-refractivity contribution in [1.82, 2.24) is 0 Å². The molecule has 0 N–H and O–H groups in total. The van der Waals surface area contributed by atoms with E-state index in [4.69, 9.17) is 4.74 Å². The third-order valence-corrected chi connectivity index (χ3v) is 3.48. The van der Waals surface area contributed by atoms with Gasteiger partial charge in [0, 0.05) is 6.42 Å². The minimum absolute atomic E-state index is 0.0882. The number of carbonyl (C=O) groups is 1. The fraction of sp³-hybridized carbons (Fsp3) is 0.458. The van der Waals surface area contributed by atoms with Gasteiger partial charge in [0.15, 0.2) is 0 Å². The number of hydrogen-bond donors (Lipinski definition) is 0. The van der Waals surface area contributed by atoms with E-state index in [1.165, 1.54) is 0 Å². The van der Waals surface area contributed by atoms with Crippen molar-refractivity contribution in [3.05, 3.63) is 72.9 Å². The molecule has 0 spiro atoms. The topological polar surface area (TPSA) is 26.3 Å². The van der Waals surface area contributed by atoms with Crippen LogP contribution in [0.5, 0.6) is 0 Å². The van der Waals surface area contributed by atoms with Crippen molar-refractivity contribution < 1.29 is 9.53 Å². The van der Waals surface area contributed by atoms with Crippen LogP contribution < -0.4 is 0 Å². The van der Waals surface area contributed by atoms with Crippen LogP contribution in [-0.4, -0.2) is 12.6 Å². The van der Waals surface area contributed by atoms with E-state index >= 15 is 0 Å². The van der Waals surface area contributed by atoms with Crippen molar-refractivity contribution in [2.24, 2.45) is 0 Å². The second kappa shape index (κ2) is 21.0. The fourth-order valence-electron chi connectivity index (χ4n) is 2.12. The molecule has 0 saturated heterocycles. The van der Waals surface area contributed by atoms with E-state index in [0.717, 1.165) is 44.9 Å². The quantitative estimate of drug-likeness (QED) is 0.136. The van der Waals surface area contributed by atoms with Crippen molar-refractivity contribution in [3.63, 3.8) is 0 Å². The molecule has 0 radical (unpaired) electrons. The molecule has 0 atom stereocenters. The van der Waals surface area contributed by atoms with Gasteiger partial charge in [-0.1, -0.05) is 79.8 Å². The molecule has 0 fully saturated rings. The maximum absolute atomic E-state index is 11.2. The molecule has 0 aromatic rings. The standard InChI is InChI=1S/C24H36O2/c1-3-5-6-7-8-9-10-11-12-13-14-15-16-17-18-19-20-21-22-23-24(25)26-4-2/h5-6,8-9,12-19H,3-4,7,10-11,20-23H2,1-2H3/b6-5+,9-8+,13-12+,15-14+,17-16+,19-18+. The molecule has 144 valence electrons. The van der Waals surface area contributed by atoms with Gasteiger partial charge < -0.3 is 4.74 Å². The monoisotopic (exact) mass is 356 g/mol. The van der Waals surface area contributed by atoms with Crippen molar-refractivity contribution in [2.45, 2.75) is 65.2 Å². The summed E-state index contributed by atoms with van der Waals surface area (Å²) in [5.41, 5.74) is 0. The maximum Gasteiger partial charge on any atom is 0.305 e. The molecule has 0 rings (SSSR count). The lowest BCUT2D eigenvalue weighted by molar-refractivity contribution is -0.143. The summed E-state index contributed by atoms with van der Waals surface area (Å²) in [5, 5.41) is 0. The minimum Gasteiger partial charge on any atom is -0.466 e. The van der Waals surface area contributed by atoms with Gasteiger partial charge in [-0.25, -0.2) is 0 Å². The van der Waals surface area contributed by atoms with Gasteiger partial charge in [-0.05, 0) is 51.9 Å². The number of hydrogen-bond acceptors (Lipinski definition) is 2. The summed E-state index contributed by atoms with van der Waals surface area (Å²) in [7, 11) is 0. The molecule has 0 aliphatic rings. The van der Waals surface area contributed by atoms with Gasteiger partial charge in [-0.2, -0.15) is 0 Å². The molecule has 26 heavy (non-hydrogen) atoms. The van der Waals surface area contributed by atoms with Gasteiger partial charge in [0.05, 0.1) is 6.61 Å². The summed E-state index contributed by atoms with van der Waals surface area (Å²) in [5.74, 6) is -0.0882. The lowest BCUT2D eigenvalue weighted by atomic mass is 10.2. The average Bonchev–Trinajstić information content (AvgIpc) is 2.64. The molecule has 0 bridgehead atoms. The number of unbranched alkanes of at least 4 members (excludes halogenated alkanes) is 3. The molecule has 0 unspecified atom stereocenters. The first-order valence-corrected chi connectivity index (χ1v) is 9.91. The Hall–Kier alpha value is -2.09. The molecular weight excluding hydrogens is 320 g/mol. The van der Waals surface area contributed by atoms with Crippen LogP contribution >= 0.6 is 0 Å². The van der Waals surface area contributed by atoms with Gasteiger partial charge in [0.25, 0.3) is 0 Å². The molecule has 2 nitrogen and oxygen atoms in total. The minimum atomic E-state index is -0.0882. The van der Waals surface area contributed by atoms with Crippen molar-refractivity contribution in [2.75, 3.05) is 6.61 Å². The lowest BCUT2D eigenvalue weighted by Gasteiger charge is -1.99. The van der Waals surface area contributed by atoms with Gasteiger partial charge in [-0.15, -0.1) is 0 Å². The van der Waals surface area contributed by atoms with E-state index in [-0.39, 0.29) is 5.97 Å². The average molecular weight is 357 g/mol. The zero-order chi connectivity index (χ0) is 19.1. The van der Waals surface area contributed by atoms with Crippen LogP contribution in [0.2, 0.25) is 0 Å². The predicted molar refractivity (Wildman–Crippen MR) is 114 cm³/mol. The number of ether oxygens (including phenoxy) is 1. The van der Waals surface area contributed by atoms with Crippen LogP contribution in [0.4, 0.5) is 0 Å². The summed E-state index contributed by atoms with van der Waals surface area (Å²) in [4.78, 5) is 11.2. The molecule has 0 aromatic carbocycles. The van der Waals surface area contributed by atoms with Crippen LogP contribution in [0.25, 0.3) is 0 Å². The second-order valence-corrected chi connectivity index (χ2v) is 5.84. The third-order valence-electron chi connectivity index (χ3n) is 3.48. The van der Waals surface area contributed by atoms with Gasteiger partial charge in [0.2, 0.25) is 0 Å². The lowest BCUT2D eigenvalue weighted by Crippen LogP contribution is -2.02. The summed E-state index contributed by atoms with van der Waals surface area (Å²) < 4.78 is 4.89. The Labute approximate surface area is 160 Å². The third kappa shape index (κ3) is 20.0. The first-order valence-electron chi connectivity index (χ1n) is 9.91. The van der Waals surface area contributed by atoms with Gasteiger partial charge in [-0.3, -0.25) is 4.79 Å². The van der Waals surface area contributed by atoms with Crippen LogP contribution in [0, 0.1) is 0 Å². The van der Waals surface area contributed by atoms with E-state index in [0.29, 0.717) is 13.0 Å². The maximum atomic E-state index is 11.2. The van der Waals surface area contributed by atoms with Gasteiger partial charge in [0.1, 0.15) is 0 Å². The summed E-state index contributed by atoms with van der Waals surface area (Å²) >= 11 is 0. The molecule has 0 saturated carbocycles. The van der Waals surface area contributed by atoms with E-state index in [1.54, 1.807) is 0 Å². The van der Waals surface area contributed by atoms with Crippen LogP contribution in [0.15, 0.2) is 72.9 Å². The Morgan fingerprint density at radius 3 is 2.00 bits per heavy atom. The Morgan fingerprint density at radius 1 is 0.692 bits per heavy atom. The Kier molecular flexibility index (Phi) is 19.3. The molecule has 0 aliphatic carbocycles. The highest BCUT2D eigenvalue weighted by atomic mass is 16.5. The molecule has 0 aromatic heterocycles. The molecule has 0 heterocycles. The first-order chi connectivity index (χ1) is 12.8. The van der Waals surface area contributed by atoms with Crippen LogP contribution in [0.1, 0.15) is 65.2 Å². The van der Waals surface area contributed by atoms with E-state index < -0.39 is 0 Å². The second-order valence-electron chi connectivity index (χ2n) is 5.84. The highest BCUT2D eigenvalue weighted by molar-refractivity contribution is 5.69. The predicted octanol–water partition coefficient (Wildman–Crippen LogP) is 7.03. The summed E-state index contributed by atoms with van der Waals surface area (Å²) in [6.45, 7) is 4.46. The summed E-state index contributed by atoms with van der Waals surface area (Å²) in [6.07, 6.45) is 33.2. The number of carbonyl (C=O) groups excluding carboxylic acids is 1. The highest BCUT2D eigenvalue weighted by Gasteiger charge is 1.99. The molecule has 2 heteroatoms. The van der Waals surface area contributed by atoms with E-state index in [2.05, 4.69) is 61.6 Å². The molecule has 0 amide bonds. The van der Waals surface area contributed by atoms with E-state index in [9.17, 15) is 4.79 Å². The summed E-state index contributed by atoms with van der Waals surface area (Å²) in [6, 6.07) is 0. The van der Waals surface area contributed by atoms with Crippen LogP contribution in [-0.2, 0) is 9.53 Å². The smallest absolute Gasteiger partial charge is 0.305 e. The zero-order valence-corrected chi connectivity index (χ0v) is 16.6. The number of allylic oxidation sites excluding steroid dienone is 12.